The Balaban J connectivity index is 1.54. The Morgan fingerprint density at radius 3 is 2.67 bits per heavy atom. The number of amides is 2. The fraction of sp³-hybridized carbons (Fsp3) is 0.407. The smallest absolute Gasteiger partial charge is 0.271 e. The molecule has 2 amide bonds. The first-order chi connectivity index (χ1) is 16.0. The van der Waals surface area contributed by atoms with E-state index in [1.165, 1.54) is 6.42 Å². The largest absolute Gasteiger partial charge is 0.497 e. The van der Waals surface area contributed by atoms with Crippen molar-refractivity contribution in [2.45, 2.75) is 63.7 Å². The zero-order valence-corrected chi connectivity index (χ0v) is 19.3. The van der Waals surface area contributed by atoms with E-state index in [4.69, 9.17) is 4.74 Å². The van der Waals surface area contributed by atoms with E-state index in [1.807, 2.05) is 66.1 Å². The van der Waals surface area contributed by atoms with Crippen LogP contribution in [0, 0.1) is 0 Å². The normalized spacial score (nSPS) is 21.2. The summed E-state index contributed by atoms with van der Waals surface area (Å²) in [6.07, 6.45) is 5.51. The second kappa shape index (κ2) is 8.58. The van der Waals surface area contributed by atoms with Crippen LogP contribution in [0.4, 0.5) is 0 Å². The topological polar surface area (TPSA) is 63.6 Å². The Hall–Kier alpha value is -3.28. The number of carbonyl (C=O) groups excluding carboxylic acids is 2. The highest BCUT2D eigenvalue weighted by molar-refractivity contribution is 6.03. The molecule has 6 heteroatoms. The Bertz CT molecular complexity index is 1190. The molecule has 1 aromatic heterocycles. The van der Waals surface area contributed by atoms with Gasteiger partial charge in [-0.1, -0.05) is 49.6 Å². The van der Waals surface area contributed by atoms with Crippen molar-refractivity contribution in [2.75, 3.05) is 7.11 Å². The highest BCUT2D eigenvalue weighted by Crippen LogP contribution is 2.34. The van der Waals surface area contributed by atoms with Crippen LogP contribution in [0.5, 0.6) is 5.75 Å². The van der Waals surface area contributed by atoms with E-state index >= 15 is 0 Å². The number of hydrogen-bond donors (Lipinski definition) is 1. The fourth-order valence-electron chi connectivity index (χ4n) is 5.30. The molecule has 6 nitrogen and oxygen atoms in total. The summed E-state index contributed by atoms with van der Waals surface area (Å²) in [6, 6.07) is 17.8. The molecule has 2 heterocycles. The summed E-state index contributed by atoms with van der Waals surface area (Å²) in [5.74, 6) is 0.537. The Morgan fingerprint density at radius 1 is 1.09 bits per heavy atom. The predicted molar refractivity (Wildman–Crippen MR) is 128 cm³/mol. The van der Waals surface area contributed by atoms with Gasteiger partial charge in [-0.2, -0.15) is 0 Å². The lowest BCUT2D eigenvalue weighted by Crippen LogP contribution is -2.64. The molecule has 3 aromatic rings. The van der Waals surface area contributed by atoms with E-state index < -0.39 is 5.54 Å². The Morgan fingerprint density at radius 2 is 1.88 bits per heavy atom. The number of fused-ring (bicyclic) bond motifs is 3. The minimum absolute atomic E-state index is 0.0749. The van der Waals surface area contributed by atoms with Gasteiger partial charge in [0.25, 0.3) is 5.91 Å². The fourth-order valence-corrected chi connectivity index (χ4v) is 5.30. The number of ether oxygens (including phenoxy) is 1. The lowest BCUT2D eigenvalue weighted by Gasteiger charge is -2.45. The average Bonchev–Trinajstić information content (AvgIpc) is 3.21. The number of benzene rings is 2. The van der Waals surface area contributed by atoms with Crippen LogP contribution in [-0.4, -0.2) is 40.0 Å². The van der Waals surface area contributed by atoms with Gasteiger partial charge in [-0.05, 0) is 49.6 Å². The van der Waals surface area contributed by atoms with Gasteiger partial charge in [-0.25, -0.2) is 0 Å². The predicted octanol–water partition coefficient (Wildman–Crippen LogP) is 4.51. The molecule has 1 N–H and O–H groups in total. The second-order valence-electron chi connectivity index (χ2n) is 9.50. The van der Waals surface area contributed by atoms with Crippen molar-refractivity contribution < 1.29 is 14.3 Å². The van der Waals surface area contributed by atoms with E-state index in [-0.39, 0.29) is 17.9 Å². The standard InChI is InChI=1S/C27H31N3O3/c1-27(26(32)28-21-11-4-3-5-12-21)18-29-23-14-7-6-10-20(23)16-24(29)25(31)30(27)17-19-9-8-13-22(15-19)33-2/h6-10,13-16,21H,3-5,11-12,17-18H2,1-2H3,(H,28,32). The molecule has 5 rings (SSSR count). The van der Waals surface area contributed by atoms with Crippen LogP contribution in [0.3, 0.4) is 0 Å². The molecule has 2 aliphatic rings. The molecule has 1 aliphatic carbocycles. The molecule has 0 radical (unpaired) electrons. The molecule has 1 aliphatic heterocycles. The number of nitrogens with zero attached hydrogens (tertiary/aromatic N) is 2. The lowest BCUT2D eigenvalue weighted by atomic mass is 9.91. The maximum atomic E-state index is 13.9. The van der Waals surface area contributed by atoms with Crippen molar-refractivity contribution in [3.05, 3.63) is 65.9 Å². The van der Waals surface area contributed by atoms with Crippen LogP contribution in [0.2, 0.25) is 0 Å². The van der Waals surface area contributed by atoms with Gasteiger partial charge in [0.05, 0.1) is 13.7 Å². The second-order valence-corrected chi connectivity index (χ2v) is 9.50. The third kappa shape index (κ3) is 3.88. The van der Waals surface area contributed by atoms with Gasteiger partial charge in [0, 0.05) is 23.5 Å². The van der Waals surface area contributed by atoms with Gasteiger partial charge in [0.1, 0.15) is 17.0 Å². The molecular weight excluding hydrogens is 414 g/mol. The highest BCUT2D eigenvalue weighted by atomic mass is 16.5. The summed E-state index contributed by atoms with van der Waals surface area (Å²) < 4.78 is 7.39. The van der Waals surface area contributed by atoms with Crippen LogP contribution in [0.25, 0.3) is 10.9 Å². The van der Waals surface area contributed by atoms with Gasteiger partial charge >= 0.3 is 0 Å². The Labute approximate surface area is 194 Å². The summed E-state index contributed by atoms with van der Waals surface area (Å²) in [6.45, 7) is 2.66. The number of carbonyl (C=O) groups is 2. The van der Waals surface area contributed by atoms with Crippen molar-refractivity contribution in [2.24, 2.45) is 0 Å². The molecule has 2 aromatic carbocycles. The number of rotatable bonds is 5. The molecule has 1 fully saturated rings. The first-order valence-electron chi connectivity index (χ1n) is 11.8. The number of methoxy groups -OCH3 is 1. The van der Waals surface area contributed by atoms with Crippen molar-refractivity contribution in [3.63, 3.8) is 0 Å². The summed E-state index contributed by atoms with van der Waals surface area (Å²) >= 11 is 0. The summed E-state index contributed by atoms with van der Waals surface area (Å²) in [7, 11) is 1.63. The third-order valence-electron chi connectivity index (χ3n) is 7.24. The maximum absolute atomic E-state index is 13.9. The average molecular weight is 446 g/mol. The maximum Gasteiger partial charge on any atom is 0.271 e. The number of aromatic nitrogens is 1. The summed E-state index contributed by atoms with van der Waals surface area (Å²) in [5.41, 5.74) is 1.54. The van der Waals surface area contributed by atoms with Gasteiger partial charge in [0.15, 0.2) is 0 Å². The van der Waals surface area contributed by atoms with Gasteiger partial charge in [-0.15, -0.1) is 0 Å². The zero-order valence-electron chi connectivity index (χ0n) is 19.3. The van der Waals surface area contributed by atoms with Gasteiger partial charge in [0.2, 0.25) is 5.91 Å². The van der Waals surface area contributed by atoms with Crippen molar-refractivity contribution >= 4 is 22.7 Å². The summed E-state index contributed by atoms with van der Waals surface area (Å²) in [5, 5.41) is 4.30. The Kier molecular flexibility index (Phi) is 5.60. The zero-order chi connectivity index (χ0) is 23.0. The molecule has 1 saturated carbocycles. The molecule has 1 unspecified atom stereocenters. The van der Waals surface area contributed by atoms with E-state index in [9.17, 15) is 9.59 Å². The quantitative estimate of drug-likeness (QED) is 0.628. The highest BCUT2D eigenvalue weighted by Gasteiger charge is 2.48. The number of para-hydroxylation sites is 1. The molecule has 0 spiro atoms. The van der Waals surface area contributed by atoms with Crippen LogP contribution in [-0.2, 0) is 17.9 Å². The molecule has 172 valence electrons. The first kappa shape index (κ1) is 21.6. The monoisotopic (exact) mass is 445 g/mol. The van der Waals surface area contributed by atoms with Gasteiger partial charge in [-0.3, -0.25) is 9.59 Å². The van der Waals surface area contributed by atoms with Crippen molar-refractivity contribution in [1.29, 1.82) is 0 Å². The van der Waals surface area contributed by atoms with Crippen molar-refractivity contribution in [1.82, 2.24) is 14.8 Å². The third-order valence-corrected chi connectivity index (χ3v) is 7.24. The van der Waals surface area contributed by atoms with E-state index in [0.717, 1.165) is 47.9 Å². The molecular formula is C27H31N3O3. The lowest BCUT2D eigenvalue weighted by molar-refractivity contribution is -0.134. The van der Waals surface area contributed by atoms with Crippen LogP contribution in [0.15, 0.2) is 54.6 Å². The van der Waals surface area contributed by atoms with Crippen LogP contribution in [0.1, 0.15) is 55.1 Å². The molecule has 33 heavy (non-hydrogen) atoms. The molecule has 1 atom stereocenters. The minimum Gasteiger partial charge on any atom is -0.497 e. The van der Waals surface area contributed by atoms with Crippen molar-refractivity contribution in [3.8, 4) is 5.75 Å². The van der Waals surface area contributed by atoms with E-state index in [0.29, 0.717) is 18.8 Å². The first-order valence-corrected chi connectivity index (χ1v) is 11.8. The van der Waals surface area contributed by atoms with E-state index in [1.54, 1.807) is 12.0 Å². The summed E-state index contributed by atoms with van der Waals surface area (Å²) in [4.78, 5) is 29.4. The van der Waals surface area contributed by atoms with Crippen LogP contribution < -0.4 is 10.1 Å². The van der Waals surface area contributed by atoms with E-state index in [2.05, 4.69) is 5.32 Å². The number of nitrogens with one attached hydrogen (secondary N) is 1. The SMILES string of the molecule is COc1cccc(CN2C(=O)c3cc4ccccc4n3CC2(C)C(=O)NC2CCCCC2)c1. The minimum atomic E-state index is -1.01. The molecule has 0 bridgehead atoms. The van der Waals surface area contributed by atoms with Crippen LogP contribution >= 0.6 is 0 Å². The number of hydrogen-bond acceptors (Lipinski definition) is 3. The molecule has 0 saturated heterocycles. The van der Waals surface area contributed by atoms with Gasteiger partial charge < -0.3 is 19.5 Å².